The molecule has 1 amide bonds. The molecule has 0 bridgehead atoms. The summed E-state index contributed by atoms with van der Waals surface area (Å²) in [5.41, 5.74) is 0.392. The number of hydrogen-bond donors (Lipinski definition) is 2. The minimum Gasteiger partial charge on any atom is -0.495 e. The van der Waals surface area contributed by atoms with E-state index in [-0.39, 0.29) is 11.8 Å². The van der Waals surface area contributed by atoms with E-state index in [9.17, 15) is 14.7 Å². The Kier molecular flexibility index (Phi) is 5.63. The lowest BCUT2D eigenvalue weighted by Crippen LogP contribution is -2.40. The Bertz CT molecular complexity index is 557. The minimum absolute atomic E-state index is 0.293. The molecule has 1 aliphatic rings. The van der Waals surface area contributed by atoms with E-state index in [1.165, 1.54) is 13.2 Å². The summed E-state index contributed by atoms with van der Waals surface area (Å²) in [5, 5.41) is 12.2. The highest BCUT2D eigenvalue weighted by atomic mass is 35.5. The van der Waals surface area contributed by atoms with Crippen molar-refractivity contribution in [1.82, 2.24) is 5.32 Å². The van der Waals surface area contributed by atoms with Crippen LogP contribution < -0.4 is 10.1 Å². The van der Waals surface area contributed by atoms with E-state index in [0.29, 0.717) is 36.0 Å². The first-order valence-electron chi connectivity index (χ1n) is 6.97. The van der Waals surface area contributed by atoms with Gasteiger partial charge in [0.25, 0.3) is 0 Å². The Balaban J connectivity index is 2.14. The van der Waals surface area contributed by atoms with Crippen LogP contribution in [0, 0.1) is 5.92 Å². The van der Waals surface area contributed by atoms with Gasteiger partial charge in [-0.05, 0) is 30.5 Å². The fourth-order valence-corrected chi connectivity index (χ4v) is 2.62. The number of amides is 1. The van der Waals surface area contributed by atoms with E-state index in [2.05, 4.69) is 5.32 Å². The van der Waals surface area contributed by atoms with Crippen molar-refractivity contribution in [3.63, 3.8) is 0 Å². The smallest absolute Gasteiger partial charge is 0.330 e. The Morgan fingerprint density at radius 2 is 2.27 bits per heavy atom. The van der Waals surface area contributed by atoms with Gasteiger partial charge >= 0.3 is 5.97 Å². The third kappa shape index (κ3) is 3.90. The van der Waals surface area contributed by atoms with E-state index in [0.717, 1.165) is 6.42 Å². The molecule has 0 spiro atoms. The van der Waals surface area contributed by atoms with Crippen molar-refractivity contribution in [1.29, 1.82) is 0 Å². The van der Waals surface area contributed by atoms with Gasteiger partial charge in [-0.25, -0.2) is 4.79 Å². The van der Waals surface area contributed by atoms with Crippen LogP contribution in [0.4, 0.5) is 0 Å². The summed E-state index contributed by atoms with van der Waals surface area (Å²) in [7, 11) is 1.47. The second kappa shape index (κ2) is 7.47. The highest BCUT2D eigenvalue weighted by Gasteiger charge is 2.28. The molecule has 2 atom stereocenters. The SMILES string of the molecule is COc1ccc(C(NC(=O)C2CCCOC2)C(=O)O)cc1Cl. The van der Waals surface area contributed by atoms with Crippen molar-refractivity contribution >= 4 is 23.5 Å². The number of carboxylic acids is 1. The predicted octanol–water partition coefficient (Wildman–Crippen LogP) is 2.02. The molecule has 2 unspecified atom stereocenters. The molecule has 7 heteroatoms. The molecule has 1 aromatic carbocycles. The van der Waals surface area contributed by atoms with Crippen molar-refractivity contribution in [3.05, 3.63) is 28.8 Å². The quantitative estimate of drug-likeness (QED) is 0.864. The Labute approximate surface area is 133 Å². The van der Waals surface area contributed by atoms with E-state index in [1.54, 1.807) is 12.1 Å². The molecular weight excluding hydrogens is 310 g/mol. The van der Waals surface area contributed by atoms with Crippen molar-refractivity contribution in [2.24, 2.45) is 5.92 Å². The van der Waals surface area contributed by atoms with Gasteiger partial charge < -0.3 is 19.9 Å². The van der Waals surface area contributed by atoms with Crippen LogP contribution in [-0.4, -0.2) is 37.3 Å². The number of ether oxygens (including phenoxy) is 2. The van der Waals surface area contributed by atoms with Crippen molar-refractivity contribution < 1.29 is 24.2 Å². The lowest BCUT2D eigenvalue weighted by molar-refractivity contribution is -0.143. The first-order valence-corrected chi connectivity index (χ1v) is 7.35. The van der Waals surface area contributed by atoms with Crippen molar-refractivity contribution in [3.8, 4) is 5.75 Å². The van der Waals surface area contributed by atoms with Gasteiger partial charge in [0.2, 0.25) is 5.91 Å². The number of carbonyl (C=O) groups is 2. The number of carbonyl (C=O) groups excluding carboxylic acids is 1. The van der Waals surface area contributed by atoms with E-state index >= 15 is 0 Å². The second-order valence-electron chi connectivity index (χ2n) is 5.09. The molecule has 0 radical (unpaired) electrons. The zero-order chi connectivity index (χ0) is 16.1. The number of benzene rings is 1. The average molecular weight is 328 g/mol. The maximum Gasteiger partial charge on any atom is 0.330 e. The number of halogens is 1. The van der Waals surface area contributed by atoms with Gasteiger partial charge in [-0.3, -0.25) is 4.79 Å². The van der Waals surface area contributed by atoms with Gasteiger partial charge in [0.15, 0.2) is 6.04 Å². The first kappa shape index (κ1) is 16.6. The summed E-state index contributed by atoms with van der Waals surface area (Å²) in [4.78, 5) is 23.6. The molecule has 0 aliphatic carbocycles. The molecule has 1 saturated heterocycles. The van der Waals surface area contributed by atoms with E-state index in [1.807, 2.05) is 0 Å². The van der Waals surface area contributed by atoms with Crippen LogP contribution in [0.1, 0.15) is 24.4 Å². The summed E-state index contributed by atoms with van der Waals surface area (Å²) in [6.45, 7) is 0.960. The van der Waals surface area contributed by atoms with Crippen LogP contribution in [0.25, 0.3) is 0 Å². The summed E-state index contributed by atoms with van der Waals surface area (Å²) in [6.07, 6.45) is 1.49. The normalized spacial score (nSPS) is 19.3. The Hall–Kier alpha value is -1.79. The Morgan fingerprint density at radius 1 is 1.50 bits per heavy atom. The van der Waals surface area contributed by atoms with Crippen LogP contribution in [0.3, 0.4) is 0 Å². The third-order valence-corrected chi connectivity index (χ3v) is 3.87. The standard InChI is InChI=1S/C15H18ClNO5/c1-21-12-5-4-9(7-11(12)16)13(15(19)20)17-14(18)10-3-2-6-22-8-10/h4-5,7,10,13H,2-3,6,8H2,1H3,(H,17,18)(H,19,20). The molecule has 0 aromatic heterocycles. The number of methoxy groups -OCH3 is 1. The van der Waals surface area contributed by atoms with Gasteiger partial charge in [0.05, 0.1) is 24.7 Å². The molecule has 2 N–H and O–H groups in total. The highest BCUT2D eigenvalue weighted by molar-refractivity contribution is 6.32. The molecular formula is C15H18ClNO5. The van der Waals surface area contributed by atoms with Gasteiger partial charge in [0, 0.05) is 6.61 Å². The third-order valence-electron chi connectivity index (χ3n) is 3.57. The molecule has 120 valence electrons. The van der Waals surface area contributed by atoms with Gasteiger partial charge in [0.1, 0.15) is 5.75 Å². The summed E-state index contributed by atoms with van der Waals surface area (Å²) >= 11 is 6.01. The topological polar surface area (TPSA) is 84.9 Å². The maximum atomic E-state index is 12.2. The van der Waals surface area contributed by atoms with Crippen LogP contribution in [0.5, 0.6) is 5.75 Å². The molecule has 1 heterocycles. The molecule has 22 heavy (non-hydrogen) atoms. The van der Waals surface area contributed by atoms with Crippen LogP contribution in [-0.2, 0) is 14.3 Å². The first-order chi connectivity index (χ1) is 10.5. The number of nitrogens with one attached hydrogen (secondary N) is 1. The molecule has 1 aliphatic heterocycles. The summed E-state index contributed by atoms with van der Waals surface area (Å²) < 4.78 is 10.3. The van der Waals surface area contributed by atoms with Gasteiger partial charge in [-0.1, -0.05) is 17.7 Å². The zero-order valence-electron chi connectivity index (χ0n) is 12.2. The average Bonchev–Trinajstić information content (AvgIpc) is 2.52. The number of aliphatic carboxylic acids is 1. The van der Waals surface area contributed by atoms with Crippen molar-refractivity contribution in [2.75, 3.05) is 20.3 Å². The van der Waals surface area contributed by atoms with Crippen LogP contribution in [0.2, 0.25) is 5.02 Å². The predicted molar refractivity (Wildman–Crippen MR) is 80.1 cm³/mol. The molecule has 6 nitrogen and oxygen atoms in total. The Morgan fingerprint density at radius 3 is 2.82 bits per heavy atom. The van der Waals surface area contributed by atoms with Gasteiger partial charge in [-0.15, -0.1) is 0 Å². The van der Waals surface area contributed by atoms with Crippen molar-refractivity contribution in [2.45, 2.75) is 18.9 Å². The maximum absolute atomic E-state index is 12.2. The zero-order valence-corrected chi connectivity index (χ0v) is 12.9. The van der Waals surface area contributed by atoms with Crippen LogP contribution >= 0.6 is 11.6 Å². The second-order valence-corrected chi connectivity index (χ2v) is 5.50. The lowest BCUT2D eigenvalue weighted by atomic mass is 9.99. The summed E-state index contributed by atoms with van der Waals surface area (Å²) in [6, 6.07) is 3.47. The minimum atomic E-state index is -1.15. The molecule has 1 fully saturated rings. The number of rotatable bonds is 5. The van der Waals surface area contributed by atoms with Crippen LogP contribution in [0.15, 0.2) is 18.2 Å². The number of hydrogen-bond acceptors (Lipinski definition) is 4. The molecule has 0 saturated carbocycles. The molecule has 1 aromatic rings. The lowest BCUT2D eigenvalue weighted by Gasteiger charge is -2.23. The fourth-order valence-electron chi connectivity index (χ4n) is 2.36. The monoisotopic (exact) mass is 327 g/mol. The highest BCUT2D eigenvalue weighted by Crippen LogP contribution is 2.28. The van der Waals surface area contributed by atoms with E-state index < -0.39 is 12.0 Å². The fraction of sp³-hybridized carbons (Fsp3) is 0.467. The molecule has 2 rings (SSSR count). The number of carboxylic acid groups (broad SMARTS) is 1. The summed E-state index contributed by atoms with van der Waals surface area (Å²) in [5.74, 6) is -1.34. The largest absolute Gasteiger partial charge is 0.495 e. The van der Waals surface area contributed by atoms with Gasteiger partial charge in [-0.2, -0.15) is 0 Å². The van der Waals surface area contributed by atoms with E-state index in [4.69, 9.17) is 21.1 Å².